The highest BCUT2D eigenvalue weighted by Crippen LogP contribution is 2.38. The maximum Gasteiger partial charge on any atom is 0.0630 e. The Labute approximate surface area is 67.5 Å². The number of hydrogen-bond acceptors (Lipinski definition) is 1. The van der Waals surface area contributed by atoms with Crippen molar-refractivity contribution in [2.24, 2.45) is 10.4 Å². The lowest BCUT2D eigenvalue weighted by atomic mass is 9.82. The third-order valence-corrected chi connectivity index (χ3v) is 2.37. The number of aliphatic imine (C=N–C) groups is 1. The molecule has 2 rings (SSSR count). The molecule has 0 amide bonds. The van der Waals surface area contributed by atoms with E-state index in [1.807, 2.05) is 12.3 Å². The van der Waals surface area contributed by atoms with Gasteiger partial charge in [0.05, 0.1) is 5.70 Å². The summed E-state index contributed by atoms with van der Waals surface area (Å²) in [5, 5.41) is 0. The molecule has 0 aromatic carbocycles. The van der Waals surface area contributed by atoms with Gasteiger partial charge < -0.3 is 0 Å². The number of allylic oxidation sites excluding steroid dienone is 3. The molecule has 0 aromatic rings. The molecular weight excluding hydrogens is 134 g/mol. The molecule has 1 heterocycles. The van der Waals surface area contributed by atoms with Crippen LogP contribution in [0.15, 0.2) is 22.3 Å². The Bertz CT molecular complexity index is 267. The molecule has 0 bridgehead atoms. The summed E-state index contributed by atoms with van der Waals surface area (Å²) in [7, 11) is 0. The zero-order valence-electron chi connectivity index (χ0n) is 7.02. The summed E-state index contributed by atoms with van der Waals surface area (Å²) in [6, 6.07) is 0. The minimum Gasteiger partial charge on any atom is -0.260 e. The molecule has 0 aromatic heterocycles. The van der Waals surface area contributed by atoms with E-state index < -0.39 is 0 Å². The van der Waals surface area contributed by atoms with E-state index in [0.717, 1.165) is 18.5 Å². The van der Waals surface area contributed by atoms with Gasteiger partial charge in [-0.25, -0.2) is 0 Å². The first-order valence-electron chi connectivity index (χ1n) is 4.05. The molecule has 1 aliphatic carbocycles. The minimum absolute atomic E-state index is 0.202. The lowest BCUT2D eigenvalue weighted by molar-refractivity contribution is 0.611. The zero-order chi connectivity index (χ0) is 7.90. The van der Waals surface area contributed by atoms with Crippen molar-refractivity contribution in [3.05, 3.63) is 23.4 Å². The van der Waals surface area contributed by atoms with Crippen molar-refractivity contribution in [1.29, 1.82) is 0 Å². The van der Waals surface area contributed by atoms with Gasteiger partial charge in [-0.1, -0.05) is 13.8 Å². The van der Waals surface area contributed by atoms with Crippen LogP contribution in [-0.4, -0.2) is 6.21 Å². The Hall–Kier alpha value is -0.850. The molecule has 1 radical (unpaired) electrons. The molecule has 0 spiro atoms. The first-order chi connectivity index (χ1) is 5.20. The van der Waals surface area contributed by atoms with E-state index in [0.29, 0.717) is 0 Å². The molecule has 0 fully saturated rings. The highest BCUT2D eigenvalue weighted by Gasteiger charge is 2.28. The standard InChI is InChI=1S/C10H12N/c1-10(2)7-11-9-6-4-3-5-8(9)10/h6-7H,3,5H2,1-2H3. The average molecular weight is 146 g/mol. The van der Waals surface area contributed by atoms with Crippen molar-refractivity contribution >= 4 is 6.21 Å². The van der Waals surface area contributed by atoms with Crippen LogP contribution >= 0.6 is 0 Å². The summed E-state index contributed by atoms with van der Waals surface area (Å²) in [6.07, 6.45) is 9.46. The van der Waals surface area contributed by atoms with E-state index in [1.54, 1.807) is 0 Å². The quantitative estimate of drug-likeness (QED) is 0.498. The second-order valence-electron chi connectivity index (χ2n) is 3.69. The Kier molecular flexibility index (Phi) is 1.28. The van der Waals surface area contributed by atoms with Crippen molar-refractivity contribution in [1.82, 2.24) is 0 Å². The molecular formula is C10H12N. The van der Waals surface area contributed by atoms with Crippen molar-refractivity contribution in [3.63, 3.8) is 0 Å². The fraction of sp³-hybridized carbons (Fsp3) is 0.500. The lowest BCUT2D eigenvalue weighted by Crippen LogP contribution is -2.14. The van der Waals surface area contributed by atoms with E-state index in [4.69, 9.17) is 0 Å². The van der Waals surface area contributed by atoms with Gasteiger partial charge in [-0.2, -0.15) is 0 Å². The second kappa shape index (κ2) is 2.07. The Morgan fingerprint density at radius 2 is 2.36 bits per heavy atom. The van der Waals surface area contributed by atoms with Crippen LogP contribution in [0.3, 0.4) is 0 Å². The summed E-state index contributed by atoms with van der Waals surface area (Å²) < 4.78 is 0. The van der Waals surface area contributed by atoms with Crippen LogP contribution in [0, 0.1) is 11.5 Å². The molecule has 0 saturated heterocycles. The SMILES string of the molecule is CC1(C)C=NC2=C1CC[C]=C2. The Balaban J connectivity index is 2.44. The van der Waals surface area contributed by atoms with Crippen LogP contribution in [0.2, 0.25) is 0 Å². The van der Waals surface area contributed by atoms with Gasteiger partial charge in [0.2, 0.25) is 0 Å². The van der Waals surface area contributed by atoms with Crippen molar-refractivity contribution in [2.75, 3.05) is 0 Å². The summed E-state index contributed by atoms with van der Waals surface area (Å²) in [6.45, 7) is 4.44. The predicted octanol–water partition coefficient (Wildman–Crippen LogP) is 2.50. The van der Waals surface area contributed by atoms with Crippen LogP contribution in [0.5, 0.6) is 0 Å². The maximum absolute atomic E-state index is 4.35. The topological polar surface area (TPSA) is 12.4 Å². The lowest BCUT2D eigenvalue weighted by Gasteiger charge is -2.20. The van der Waals surface area contributed by atoms with E-state index in [9.17, 15) is 0 Å². The van der Waals surface area contributed by atoms with Crippen LogP contribution in [0.4, 0.5) is 0 Å². The predicted molar refractivity (Wildman–Crippen MR) is 46.3 cm³/mol. The molecule has 0 atom stereocenters. The Morgan fingerprint density at radius 1 is 1.55 bits per heavy atom. The maximum atomic E-state index is 4.35. The molecule has 57 valence electrons. The minimum atomic E-state index is 0.202. The number of nitrogens with zero attached hydrogens (tertiary/aromatic N) is 1. The molecule has 0 N–H and O–H groups in total. The van der Waals surface area contributed by atoms with Gasteiger partial charge >= 0.3 is 0 Å². The summed E-state index contributed by atoms with van der Waals surface area (Å²) in [5.41, 5.74) is 2.84. The van der Waals surface area contributed by atoms with Crippen molar-refractivity contribution < 1.29 is 0 Å². The monoisotopic (exact) mass is 146 g/mol. The van der Waals surface area contributed by atoms with Gasteiger partial charge in [0.15, 0.2) is 0 Å². The fourth-order valence-corrected chi connectivity index (χ4v) is 1.66. The number of hydrogen-bond donors (Lipinski definition) is 0. The fourth-order valence-electron chi connectivity index (χ4n) is 1.66. The van der Waals surface area contributed by atoms with Gasteiger partial charge in [0, 0.05) is 11.6 Å². The largest absolute Gasteiger partial charge is 0.260 e. The van der Waals surface area contributed by atoms with E-state index in [1.165, 1.54) is 5.57 Å². The first kappa shape index (κ1) is 6.84. The third kappa shape index (κ3) is 0.953. The first-order valence-corrected chi connectivity index (χ1v) is 4.05. The highest BCUT2D eigenvalue weighted by molar-refractivity contribution is 5.76. The van der Waals surface area contributed by atoms with Crippen LogP contribution in [-0.2, 0) is 0 Å². The van der Waals surface area contributed by atoms with Gasteiger partial charge in [-0.05, 0) is 30.6 Å². The zero-order valence-corrected chi connectivity index (χ0v) is 7.02. The van der Waals surface area contributed by atoms with Crippen molar-refractivity contribution in [2.45, 2.75) is 26.7 Å². The molecule has 0 unspecified atom stereocenters. The summed E-state index contributed by atoms with van der Waals surface area (Å²) in [4.78, 5) is 4.35. The smallest absolute Gasteiger partial charge is 0.0630 e. The molecule has 0 saturated carbocycles. The van der Waals surface area contributed by atoms with Crippen LogP contribution in [0.25, 0.3) is 0 Å². The highest BCUT2D eigenvalue weighted by atomic mass is 14.8. The Morgan fingerprint density at radius 3 is 3.09 bits per heavy atom. The van der Waals surface area contributed by atoms with E-state index in [2.05, 4.69) is 24.9 Å². The molecule has 1 nitrogen and oxygen atoms in total. The van der Waals surface area contributed by atoms with Crippen molar-refractivity contribution in [3.8, 4) is 0 Å². The van der Waals surface area contributed by atoms with Gasteiger partial charge in [-0.3, -0.25) is 4.99 Å². The van der Waals surface area contributed by atoms with Gasteiger partial charge in [0.1, 0.15) is 0 Å². The molecule has 1 aliphatic heterocycles. The van der Waals surface area contributed by atoms with Crippen LogP contribution in [0.1, 0.15) is 26.7 Å². The number of rotatable bonds is 0. The molecule has 2 aliphatic rings. The second-order valence-corrected chi connectivity index (χ2v) is 3.69. The normalized spacial score (nSPS) is 26.0. The summed E-state index contributed by atoms with van der Waals surface area (Å²) >= 11 is 0. The van der Waals surface area contributed by atoms with Crippen LogP contribution < -0.4 is 0 Å². The molecule has 11 heavy (non-hydrogen) atoms. The average Bonchev–Trinajstić information content (AvgIpc) is 2.29. The van der Waals surface area contributed by atoms with Gasteiger partial charge in [0.25, 0.3) is 0 Å². The van der Waals surface area contributed by atoms with Gasteiger partial charge in [-0.15, -0.1) is 0 Å². The summed E-state index contributed by atoms with van der Waals surface area (Å²) in [5.74, 6) is 0. The third-order valence-electron chi connectivity index (χ3n) is 2.37. The molecule has 1 heteroatoms. The van der Waals surface area contributed by atoms with E-state index in [-0.39, 0.29) is 5.41 Å². The van der Waals surface area contributed by atoms with E-state index >= 15 is 0 Å².